The van der Waals surface area contributed by atoms with Crippen molar-refractivity contribution in [3.05, 3.63) is 48.0 Å². The summed E-state index contributed by atoms with van der Waals surface area (Å²) in [5, 5.41) is 5.30. The maximum absolute atomic E-state index is 12.6. The zero-order valence-corrected chi connectivity index (χ0v) is 17.4. The molecular formula is C21H24N2O8. The summed E-state index contributed by atoms with van der Waals surface area (Å²) in [6.45, 7) is 0.130. The van der Waals surface area contributed by atoms with E-state index in [9.17, 15) is 14.4 Å². The molecule has 0 saturated heterocycles. The Labute approximate surface area is 179 Å². The molecule has 2 aromatic carbocycles. The molecule has 0 aliphatic heterocycles. The molecule has 0 heterocycles. The van der Waals surface area contributed by atoms with Crippen LogP contribution in [0.3, 0.4) is 0 Å². The number of benzene rings is 2. The van der Waals surface area contributed by atoms with Crippen LogP contribution < -0.4 is 20.1 Å². The molecule has 0 unspecified atom stereocenters. The average Bonchev–Trinajstić information content (AvgIpc) is 2.77. The molecule has 0 aliphatic carbocycles. The van der Waals surface area contributed by atoms with E-state index in [1.807, 2.05) is 0 Å². The van der Waals surface area contributed by atoms with Crippen LogP contribution in [-0.4, -0.2) is 59.1 Å². The van der Waals surface area contributed by atoms with Gasteiger partial charge in [0.05, 0.1) is 20.8 Å². The number of rotatable bonds is 10. The van der Waals surface area contributed by atoms with Crippen LogP contribution >= 0.6 is 0 Å². The SMILES string of the molecule is COCCOC(=O)Nc1cccc(NC(=O)c2ccc(OCC(=O)OC)c(OC)c2)c1. The van der Waals surface area contributed by atoms with Gasteiger partial charge in [-0.1, -0.05) is 6.07 Å². The lowest BCUT2D eigenvalue weighted by Gasteiger charge is -2.12. The van der Waals surface area contributed by atoms with Crippen molar-refractivity contribution in [1.82, 2.24) is 0 Å². The Morgan fingerprint density at radius 1 is 0.871 bits per heavy atom. The zero-order chi connectivity index (χ0) is 22.6. The van der Waals surface area contributed by atoms with Gasteiger partial charge in [0.2, 0.25) is 0 Å². The molecule has 166 valence electrons. The van der Waals surface area contributed by atoms with E-state index in [1.165, 1.54) is 39.5 Å². The van der Waals surface area contributed by atoms with Gasteiger partial charge in [-0.25, -0.2) is 9.59 Å². The highest BCUT2D eigenvalue weighted by Crippen LogP contribution is 2.28. The summed E-state index contributed by atoms with van der Waals surface area (Å²) in [5.74, 6) is -0.369. The van der Waals surface area contributed by atoms with Crippen molar-refractivity contribution < 1.29 is 38.1 Å². The van der Waals surface area contributed by atoms with Crippen molar-refractivity contribution in [2.45, 2.75) is 0 Å². The Balaban J connectivity index is 2.02. The predicted octanol–water partition coefficient (Wildman–Crippen LogP) is 2.69. The summed E-state index contributed by atoms with van der Waals surface area (Å²) in [5.41, 5.74) is 1.22. The molecule has 0 aliphatic rings. The normalized spacial score (nSPS) is 10.0. The van der Waals surface area contributed by atoms with Gasteiger partial charge >= 0.3 is 12.1 Å². The summed E-state index contributed by atoms with van der Waals surface area (Å²) < 4.78 is 24.8. The molecule has 0 aromatic heterocycles. The summed E-state index contributed by atoms with van der Waals surface area (Å²) in [6.07, 6.45) is -0.632. The summed E-state index contributed by atoms with van der Waals surface area (Å²) in [4.78, 5) is 35.6. The van der Waals surface area contributed by atoms with Gasteiger partial charge in [-0.05, 0) is 36.4 Å². The maximum Gasteiger partial charge on any atom is 0.411 e. The molecular weight excluding hydrogens is 408 g/mol. The van der Waals surface area contributed by atoms with Crippen molar-refractivity contribution in [3.8, 4) is 11.5 Å². The topological polar surface area (TPSA) is 121 Å². The second-order valence-corrected chi connectivity index (χ2v) is 6.02. The standard InChI is InChI=1S/C21H24N2O8/c1-27-9-10-30-21(26)23-16-6-4-5-15(12-16)22-20(25)14-7-8-17(18(11-14)28-2)31-13-19(24)29-3/h4-8,11-12H,9-10,13H2,1-3H3,(H,22,25)(H,23,26). The molecule has 10 heteroatoms. The average molecular weight is 432 g/mol. The highest BCUT2D eigenvalue weighted by molar-refractivity contribution is 6.05. The van der Waals surface area contributed by atoms with Gasteiger partial charge in [-0.15, -0.1) is 0 Å². The minimum atomic E-state index is -0.632. The molecule has 2 N–H and O–H groups in total. The highest BCUT2D eigenvalue weighted by Gasteiger charge is 2.13. The van der Waals surface area contributed by atoms with Crippen molar-refractivity contribution in [2.24, 2.45) is 0 Å². The first-order valence-electron chi connectivity index (χ1n) is 9.18. The van der Waals surface area contributed by atoms with Crippen molar-refractivity contribution in [3.63, 3.8) is 0 Å². The van der Waals surface area contributed by atoms with E-state index in [0.717, 1.165) is 0 Å². The fourth-order valence-electron chi connectivity index (χ4n) is 2.37. The molecule has 0 fully saturated rings. The third-order valence-corrected chi connectivity index (χ3v) is 3.89. The first-order chi connectivity index (χ1) is 15.0. The number of anilines is 2. The van der Waals surface area contributed by atoms with Crippen LogP contribution in [0.1, 0.15) is 10.4 Å². The Kier molecular flexibility index (Phi) is 9.12. The molecule has 0 saturated carbocycles. The Morgan fingerprint density at radius 2 is 1.61 bits per heavy atom. The summed E-state index contributed by atoms with van der Waals surface area (Å²) in [7, 11) is 4.18. The van der Waals surface area contributed by atoms with Gasteiger partial charge in [0.15, 0.2) is 18.1 Å². The first kappa shape index (κ1) is 23.5. The fourth-order valence-corrected chi connectivity index (χ4v) is 2.37. The van der Waals surface area contributed by atoms with Crippen LogP contribution in [-0.2, 0) is 19.0 Å². The fraction of sp³-hybridized carbons (Fsp3) is 0.286. The molecule has 0 spiro atoms. The summed E-state index contributed by atoms with van der Waals surface area (Å²) in [6, 6.07) is 11.1. The third-order valence-electron chi connectivity index (χ3n) is 3.89. The number of hydrogen-bond acceptors (Lipinski definition) is 8. The quantitative estimate of drug-likeness (QED) is 0.434. The van der Waals surface area contributed by atoms with Crippen LogP contribution in [0.5, 0.6) is 11.5 Å². The predicted molar refractivity (Wildman–Crippen MR) is 112 cm³/mol. The van der Waals surface area contributed by atoms with Crippen LogP contribution in [0.25, 0.3) is 0 Å². The van der Waals surface area contributed by atoms with Gasteiger partial charge in [-0.2, -0.15) is 0 Å². The number of esters is 1. The number of nitrogens with one attached hydrogen (secondary N) is 2. The third kappa shape index (κ3) is 7.52. The van der Waals surface area contributed by atoms with Crippen LogP contribution in [0.2, 0.25) is 0 Å². The van der Waals surface area contributed by atoms with Crippen molar-refractivity contribution in [2.75, 3.05) is 51.8 Å². The molecule has 10 nitrogen and oxygen atoms in total. The maximum atomic E-state index is 12.6. The molecule has 2 amide bonds. The number of amides is 2. The molecule has 31 heavy (non-hydrogen) atoms. The lowest BCUT2D eigenvalue weighted by Crippen LogP contribution is -2.17. The molecule has 2 rings (SSSR count). The van der Waals surface area contributed by atoms with Crippen LogP contribution in [0, 0.1) is 0 Å². The first-order valence-corrected chi connectivity index (χ1v) is 9.18. The van der Waals surface area contributed by atoms with Gasteiger partial charge in [0.1, 0.15) is 6.61 Å². The molecule has 0 radical (unpaired) electrons. The number of carbonyl (C=O) groups excluding carboxylic acids is 3. The van der Waals surface area contributed by atoms with E-state index in [4.69, 9.17) is 18.9 Å². The van der Waals surface area contributed by atoms with Crippen LogP contribution in [0.15, 0.2) is 42.5 Å². The number of methoxy groups -OCH3 is 3. The van der Waals surface area contributed by atoms with E-state index >= 15 is 0 Å². The lowest BCUT2D eigenvalue weighted by atomic mass is 10.1. The highest BCUT2D eigenvalue weighted by atomic mass is 16.6. The lowest BCUT2D eigenvalue weighted by molar-refractivity contribution is -0.142. The van der Waals surface area contributed by atoms with Gasteiger partial charge in [-0.3, -0.25) is 10.1 Å². The molecule has 0 atom stereocenters. The van der Waals surface area contributed by atoms with Crippen molar-refractivity contribution in [1.29, 1.82) is 0 Å². The van der Waals surface area contributed by atoms with E-state index < -0.39 is 18.0 Å². The van der Waals surface area contributed by atoms with E-state index in [1.54, 1.807) is 24.3 Å². The summed E-state index contributed by atoms with van der Waals surface area (Å²) >= 11 is 0. The Hall–Kier alpha value is -3.79. The minimum absolute atomic E-state index is 0.125. The molecule has 0 bridgehead atoms. The Morgan fingerprint density at radius 3 is 2.29 bits per heavy atom. The van der Waals surface area contributed by atoms with Gasteiger partial charge in [0, 0.05) is 24.0 Å². The second kappa shape index (κ2) is 12.0. The number of ether oxygens (including phenoxy) is 5. The van der Waals surface area contributed by atoms with E-state index in [2.05, 4.69) is 15.4 Å². The van der Waals surface area contributed by atoms with Crippen molar-refractivity contribution >= 4 is 29.3 Å². The van der Waals surface area contributed by atoms with E-state index in [-0.39, 0.29) is 19.0 Å². The van der Waals surface area contributed by atoms with Gasteiger partial charge < -0.3 is 29.0 Å². The molecule has 2 aromatic rings. The van der Waals surface area contributed by atoms with E-state index in [0.29, 0.717) is 29.3 Å². The zero-order valence-electron chi connectivity index (χ0n) is 17.4. The number of carbonyl (C=O) groups is 3. The number of hydrogen-bond donors (Lipinski definition) is 2. The monoisotopic (exact) mass is 432 g/mol. The second-order valence-electron chi connectivity index (χ2n) is 6.02. The minimum Gasteiger partial charge on any atom is -0.493 e. The smallest absolute Gasteiger partial charge is 0.411 e. The van der Waals surface area contributed by atoms with Gasteiger partial charge in [0.25, 0.3) is 5.91 Å². The van der Waals surface area contributed by atoms with Crippen LogP contribution in [0.4, 0.5) is 16.2 Å². The largest absolute Gasteiger partial charge is 0.493 e. The Bertz CT molecular complexity index is 916.